The first-order valence-corrected chi connectivity index (χ1v) is 8.47. The minimum atomic E-state index is -1.66. The molecule has 1 aliphatic heterocycles. The highest BCUT2D eigenvalue weighted by Crippen LogP contribution is 2.17. The SMILES string of the molecule is Cc1cc(CNC(=O)c2ccc(F)c(F)c2F)nc(N2CCCCC2)n1. The molecular weight excluding hydrogens is 345 g/mol. The van der Waals surface area contributed by atoms with E-state index in [4.69, 9.17) is 0 Å². The zero-order chi connectivity index (χ0) is 18.7. The number of aryl methyl sites for hydroxylation is 1. The summed E-state index contributed by atoms with van der Waals surface area (Å²) in [5.74, 6) is -4.74. The molecule has 1 N–H and O–H groups in total. The normalized spacial score (nSPS) is 14.4. The van der Waals surface area contributed by atoms with Gasteiger partial charge >= 0.3 is 0 Å². The lowest BCUT2D eigenvalue weighted by molar-refractivity contribution is 0.0945. The fraction of sp³-hybridized carbons (Fsp3) is 0.389. The zero-order valence-electron chi connectivity index (χ0n) is 14.4. The quantitative estimate of drug-likeness (QED) is 0.847. The van der Waals surface area contributed by atoms with Gasteiger partial charge < -0.3 is 10.2 Å². The lowest BCUT2D eigenvalue weighted by Crippen LogP contribution is -2.32. The molecule has 5 nitrogen and oxygen atoms in total. The molecule has 3 rings (SSSR count). The lowest BCUT2D eigenvalue weighted by atomic mass is 10.1. The molecule has 2 heterocycles. The van der Waals surface area contributed by atoms with Crippen molar-refractivity contribution in [3.05, 3.63) is 52.6 Å². The summed E-state index contributed by atoms with van der Waals surface area (Å²) in [4.78, 5) is 23.1. The first-order chi connectivity index (χ1) is 12.5. The number of nitrogens with one attached hydrogen (secondary N) is 1. The summed E-state index contributed by atoms with van der Waals surface area (Å²) >= 11 is 0. The van der Waals surface area contributed by atoms with Crippen LogP contribution >= 0.6 is 0 Å². The summed E-state index contributed by atoms with van der Waals surface area (Å²) in [6.07, 6.45) is 3.35. The maximum absolute atomic E-state index is 13.7. The van der Waals surface area contributed by atoms with Gasteiger partial charge in [0, 0.05) is 18.8 Å². The number of rotatable bonds is 4. The third-order valence-corrected chi connectivity index (χ3v) is 4.24. The second-order valence-electron chi connectivity index (χ2n) is 6.25. The summed E-state index contributed by atoms with van der Waals surface area (Å²) in [7, 11) is 0. The Kier molecular flexibility index (Phi) is 5.39. The first-order valence-electron chi connectivity index (χ1n) is 8.47. The second kappa shape index (κ2) is 7.72. The van der Waals surface area contributed by atoms with E-state index in [9.17, 15) is 18.0 Å². The molecule has 0 bridgehead atoms. The smallest absolute Gasteiger partial charge is 0.254 e. The Hall–Kier alpha value is -2.64. The minimum absolute atomic E-state index is 0.0292. The number of amides is 1. The van der Waals surface area contributed by atoms with Crippen LogP contribution in [0.4, 0.5) is 19.1 Å². The standard InChI is InChI=1S/C18H19F3N4O/c1-11-9-12(24-18(23-11)25-7-3-2-4-8-25)10-22-17(26)13-5-6-14(19)16(21)15(13)20/h5-6,9H,2-4,7-8,10H2,1H3,(H,22,26). The summed E-state index contributed by atoms with van der Waals surface area (Å²) in [6, 6.07) is 3.35. The van der Waals surface area contributed by atoms with Gasteiger partial charge in [0.05, 0.1) is 17.8 Å². The minimum Gasteiger partial charge on any atom is -0.346 e. The third kappa shape index (κ3) is 3.95. The Balaban J connectivity index is 1.72. The van der Waals surface area contributed by atoms with Gasteiger partial charge in [0.15, 0.2) is 17.5 Å². The topological polar surface area (TPSA) is 58.1 Å². The second-order valence-corrected chi connectivity index (χ2v) is 6.25. The van der Waals surface area contributed by atoms with Gasteiger partial charge in [-0.25, -0.2) is 23.1 Å². The van der Waals surface area contributed by atoms with Gasteiger partial charge in [-0.15, -0.1) is 0 Å². The van der Waals surface area contributed by atoms with Crippen LogP contribution < -0.4 is 10.2 Å². The van der Waals surface area contributed by atoms with Gasteiger partial charge in [0.25, 0.3) is 5.91 Å². The molecule has 1 aliphatic rings. The van der Waals surface area contributed by atoms with Crippen molar-refractivity contribution in [2.45, 2.75) is 32.7 Å². The van der Waals surface area contributed by atoms with Crippen LogP contribution in [-0.2, 0) is 6.54 Å². The molecule has 8 heteroatoms. The fourth-order valence-corrected chi connectivity index (χ4v) is 2.91. The van der Waals surface area contributed by atoms with Gasteiger partial charge in [-0.05, 0) is 44.4 Å². The predicted octanol–water partition coefficient (Wildman–Crippen LogP) is 3.12. The van der Waals surface area contributed by atoms with Gasteiger partial charge in [0.1, 0.15) is 0 Å². The molecule has 0 aliphatic carbocycles. The van der Waals surface area contributed by atoms with E-state index in [1.54, 1.807) is 6.07 Å². The van der Waals surface area contributed by atoms with E-state index < -0.39 is 28.9 Å². The number of nitrogens with zero attached hydrogens (tertiary/aromatic N) is 3. The maximum atomic E-state index is 13.7. The van der Waals surface area contributed by atoms with Gasteiger partial charge in [-0.1, -0.05) is 0 Å². The Bertz CT molecular complexity index is 822. The van der Waals surface area contributed by atoms with Crippen LogP contribution in [0.5, 0.6) is 0 Å². The van der Waals surface area contributed by atoms with Crippen LogP contribution in [-0.4, -0.2) is 29.0 Å². The van der Waals surface area contributed by atoms with Crippen LogP contribution in [0.25, 0.3) is 0 Å². The average molecular weight is 364 g/mol. The Labute approximate surface area is 149 Å². The fourth-order valence-electron chi connectivity index (χ4n) is 2.91. The van der Waals surface area contributed by atoms with E-state index >= 15 is 0 Å². The van der Waals surface area contributed by atoms with Crippen LogP contribution in [0.15, 0.2) is 18.2 Å². The Morgan fingerprint density at radius 3 is 2.58 bits per heavy atom. The largest absolute Gasteiger partial charge is 0.346 e. The van der Waals surface area contributed by atoms with Crippen molar-refractivity contribution in [2.75, 3.05) is 18.0 Å². The van der Waals surface area contributed by atoms with Crippen LogP contribution in [0.2, 0.25) is 0 Å². The lowest BCUT2D eigenvalue weighted by Gasteiger charge is -2.27. The van der Waals surface area contributed by atoms with E-state index in [1.165, 1.54) is 6.42 Å². The number of piperidine rings is 1. The van der Waals surface area contributed by atoms with Crippen LogP contribution in [0, 0.1) is 24.4 Å². The average Bonchev–Trinajstić information content (AvgIpc) is 2.64. The molecular formula is C18H19F3N4O. The van der Waals surface area contributed by atoms with Crippen molar-refractivity contribution in [3.8, 4) is 0 Å². The van der Waals surface area contributed by atoms with E-state index in [-0.39, 0.29) is 6.54 Å². The van der Waals surface area contributed by atoms with Crippen molar-refractivity contribution in [1.82, 2.24) is 15.3 Å². The highest BCUT2D eigenvalue weighted by Gasteiger charge is 2.19. The molecule has 1 fully saturated rings. The maximum Gasteiger partial charge on any atom is 0.254 e. The molecule has 2 aromatic rings. The van der Waals surface area contributed by atoms with Crippen LogP contribution in [0.1, 0.15) is 41.0 Å². The Morgan fingerprint density at radius 1 is 1.12 bits per heavy atom. The van der Waals surface area contributed by atoms with E-state index in [2.05, 4.69) is 20.2 Å². The molecule has 0 atom stereocenters. The molecule has 0 spiro atoms. The van der Waals surface area contributed by atoms with E-state index in [0.717, 1.165) is 43.8 Å². The highest BCUT2D eigenvalue weighted by atomic mass is 19.2. The molecule has 0 unspecified atom stereocenters. The Morgan fingerprint density at radius 2 is 1.85 bits per heavy atom. The first kappa shape index (κ1) is 18.2. The monoisotopic (exact) mass is 364 g/mol. The molecule has 138 valence electrons. The molecule has 1 saturated heterocycles. The molecule has 1 amide bonds. The molecule has 1 aromatic carbocycles. The van der Waals surface area contributed by atoms with Crippen molar-refractivity contribution in [3.63, 3.8) is 0 Å². The number of hydrogen-bond donors (Lipinski definition) is 1. The zero-order valence-corrected chi connectivity index (χ0v) is 14.4. The van der Waals surface area contributed by atoms with Crippen molar-refractivity contribution < 1.29 is 18.0 Å². The van der Waals surface area contributed by atoms with Gasteiger partial charge in [-0.2, -0.15) is 0 Å². The predicted molar refractivity (Wildman–Crippen MR) is 90.3 cm³/mol. The van der Waals surface area contributed by atoms with Gasteiger partial charge in [-0.3, -0.25) is 4.79 Å². The number of carbonyl (C=O) groups is 1. The molecule has 0 radical (unpaired) electrons. The number of hydrogen-bond acceptors (Lipinski definition) is 4. The van der Waals surface area contributed by atoms with Crippen molar-refractivity contribution >= 4 is 11.9 Å². The third-order valence-electron chi connectivity index (χ3n) is 4.24. The highest BCUT2D eigenvalue weighted by molar-refractivity contribution is 5.94. The summed E-state index contributed by atoms with van der Waals surface area (Å²) in [5, 5.41) is 2.48. The number of aromatic nitrogens is 2. The molecule has 26 heavy (non-hydrogen) atoms. The molecule has 1 aromatic heterocycles. The summed E-state index contributed by atoms with van der Waals surface area (Å²) in [5.41, 5.74) is 0.768. The van der Waals surface area contributed by atoms with Gasteiger partial charge in [0.2, 0.25) is 5.95 Å². The number of anilines is 1. The summed E-state index contributed by atoms with van der Waals surface area (Å²) in [6.45, 7) is 3.63. The number of halogens is 3. The van der Waals surface area contributed by atoms with Crippen LogP contribution in [0.3, 0.4) is 0 Å². The molecule has 0 saturated carbocycles. The van der Waals surface area contributed by atoms with E-state index in [0.29, 0.717) is 11.6 Å². The number of carbonyl (C=O) groups excluding carboxylic acids is 1. The summed E-state index contributed by atoms with van der Waals surface area (Å²) < 4.78 is 39.9. The number of benzene rings is 1. The van der Waals surface area contributed by atoms with E-state index in [1.807, 2.05) is 6.92 Å². The van der Waals surface area contributed by atoms with Crippen molar-refractivity contribution in [1.29, 1.82) is 0 Å². The van der Waals surface area contributed by atoms with Crippen molar-refractivity contribution in [2.24, 2.45) is 0 Å².